The number of carbonyl (C=O) groups excluding carboxylic acids is 1. The first-order valence-electron chi connectivity index (χ1n) is 8.10. The molecule has 0 atom stereocenters. The molecule has 7 heteroatoms. The quantitative estimate of drug-likeness (QED) is 0.627. The molecule has 0 saturated carbocycles. The van der Waals surface area contributed by atoms with Crippen molar-refractivity contribution in [2.24, 2.45) is 0 Å². The van der Waals surface area contributed by atoms with Crippen molar-refractivity contribution in [2.45, 2.75) is 39.8 Å². The van der Waals surface area contributed by atoms with Gasteiger partial charge in [-0.1, -0.05) is 12.1 Å². The van der Waals surface area contributed by atoms with Gasteiger partial charge in [-0.3, -0.25) is 15.0 Å². The van der Waals surface area contributed by atoms with E-state index in [1.165, 1.54) is 6.07 Å². The Kier molecular flexibility index (Phi) is 5.43. The number of nitro benzene ring substituents is 1. The molecule has 1 amide bonds. The van der Waals surface area contributed by atoms with Gasteiger partial charge < -0.3 is 9.64 Å². The Morgan fingerprint density at radius 2 is 1.88 bits per heavy atom. The number of piperazine rings is 1. The molecule has 0 spiro atoms. The maximum atomic E-state index is 12.1. The van der Waals surface area contributed by atoms with E-state index in [1.54, 1.807) is 17.9 Å². The van der Waals surface area contributed by atoms with Gasteiger partial charge in [-0.15, -0.1) is 0 Å². The first-order valence-corrected chi connectivity index (χ1v) is 8.10. The van der Waals surface area contributed by atoms with E-state index in [9.17, 15) is 14.9 Å². The zero-order chi connectivity index (χ0) is 17.9. The molecule has 132 valence electrons. The summed E-state index contributed by atoms with van der Waals surface area (Å²) in [4.78, 5) is 26.7. The molecule has 1 aromatic carbocycles. The number of nitro groups is 1. The van der Waals surface area contributed by atoms with Crippen LogP contribution in [0, 0.1) is 17.0 Å². The Hall–Kier alpha value is -2.15. The topological polar surface area (TPSA) is 75.9 Å². The number of carbonyl (C=O) groups is 1. The van der Waals surface area contributed by atoms with E-state index < -0.39 is 5.60 Å². The van der Waals surface area contributed by atoms with Crippen molar-refractivity contribution in [3.8, 4) is 0 Å². The third kappa shape index (κ3) is 4.67. The summed E-state index contributed by atoms with van der Waals surface area (Å²) in [7, 11) is 0. The standard InChI is InChI=1S/C17H25N3O4/c1-13-14(6-5-7-15(13)20(22)23)12-18-8-10-19(11-9-18)16(21)24-17(2,3)4/h5-7H,8-12H2,1-4H3. The Labute approximate surface area is 142 Å². The summed E-state index contributed by atoms with van der Waals surface area (Å²) in [6.07, 6.45) is -0.284. The molecule has 24 heavy (non-hydrogen) atoms. The predicted octanol–water partition coefficient (Wildman–Crippen LogP) is 2.96. The lowest BCUT2D eigenvalue weighted by atomic mass is 10.1. The fraction of sp³-hybridized carbons (Fsp3) is 0.588. The predicted molar refractivity (Wildman–Crippen MR) is 90.9 cm³/mol. The molecular formula is C17H25N3O4. The fourth-order valence-electron chi connectivity index (χ4n) is 2.69. The average molecular weight is 335 g/mol. The molecule has 0 aliphatic carbocycles. The molecule has 0 bridgehead atoms. The van der Waals surface area contributed by atoms with E-state index in [2.05, 4.69) is 4.90 Å². The van der Waals surface area contributed by atoms with Crippen molar-refractivity contribution in [1.82, 2.24) is 9.80 Å². The summed E-state index contributed by atoms with van der Waals surface area (Å²) >= 11 is 0. The van der Waals surface area contributed by atoms with E-state index in [-0.39, 0.29) is 16.7 Å². The van der Waals surface area contributed by atoms with Crippen molar-refractivity contribution >= 4 is 11.8 Å². The van der Waals surface area contributed by atoms with Gasteiger partial charge in [0.15, 0.2) is 0 Å². The lowest BCUT2D eigenvalue weighted by Gasteiger charge is -2.35. The monoisotopic (exact) mass is 335 g/mol. The second-order valence-electron chi connectivity index (χ2n) is 7.06. The zero-order valence-electron chi connectivity index (χ0n) is 14.7. The number of hydrogen-bond donors (Lipinski definition) is 0. The number of hydrogen-bond acceptors (Lipinski definition) is 5. The van der Waals surface area contributed by atoms with Crippen molar-refractivity contribution in [3.63, 3.8) is 0 Å². The number of amides is 1. The maximum absolute atomic E-state index is 12.1. The van der Waals surface area contributed by atoms with E-state index in [0.29, 0.717) is 25.2 Å². The molecule has 2 rings (SSSR count). The molecule has 0 aromatic heterocycles. The summed E-state index contributed by atoms with van der Waals surface area (Å²) in [6, 6.07) is 5.17. The Balaban J connectivity index is 1.93. The third-order valence-corrected chi connectivity index (χ3v) is 4.03. The lowest BCUT2D eigenvalue weighted by molar-refractivity contribution is -0.385. The van der Waals surface area contributed by atoms with E-state index in [0.717, 1.165) is 18.7 Å². The van der Waals surface area contributed by atoms with Gasteiger partial charge >= 0.3 is 6.09 Å². The molecule has 1 heterocycles. The average Bonchev–Trinajstić information content (AvgIpc) is 2.48. The molecule has 1 fully saturated rings. The minimum Gasteiger partial charge on any atom is -0.444 e. The van der Waals surface area contributed by atoms with Crippen LogP contribution >= 0.6 is 0 Å². The summed E-state index contributed by atoms with van der Waals surface area (Å²) in [6.45, 7) is 10.6. The van der Waals surface area contributed by atoms with Crippen LogP contribution in [0.3, 0.4) is 0 Å². The first-order chi connectivity index (χ1) is 11.2. The summed E-state index contributed by atoms with van der Waals surface area (Å²) in [5.74, 6) is 0. The molecule has 1 aliphatic rings. The smallest absolute Gasteiger partial charge is 0.410 e. The summed E-state index contributed by atoms with van der Waals surface area (Å²) < 4.78 is 5.39. The highest BCUT2D eigenvalue weighted by atomic mass is 16.6. The maximum Gasteiger partial charge on any atom is 0.410 e. The zero-order valence-corrected chi connectivity index (χ0v) is 14.7. The minimum atomic E-state index is -0.492. The molecule has 0 radical (unpaired) electrons. The molecule has 1 aromatic rings. The van der Waals surface area contributed by atoms with Crippen LogP contribution in [-0.2, 0) is 11.3 Å². The normalized spacial score (nSPS) is 16.1. The van der Waals surface area contributed by atoms with E-state index in [1.807, 2.05) is 26.8 Å². The Morgan fingerprint density at radius 3 is 2.42 bits per heavy atom. The van der Waals surface area contributed by atoms with Crippen LogP contribution in [0.5, 0.6) is 0 Å². The van der Waals surface area contributed by atoms with Crippen LogP contribution in [0.1, 0.15) is 31.9 Å². The van der Waals surface area contributed by atoms with Gasteiger partial charge in [0.2, 0.25) is 0 Å². The van der Waals surface area contributed by atoms with Crippen molar-refractivity contribution in [2.75, 3.05) is 26.2 Å². The van der Waals surface area contributed by atoms with Gasteiger partial charge in [0, 0.05) is 44.4 Å². The van der Waals surface area contributed by atoms with Gasteiger partial charge in [0.25, 0.3) is 5.69 Å². The SMILES string of the molecule is Cc1c(CN2CCN(C(=O)OC(C)(C)C)CC2)cccc1[N+](=O)[O-]. The molecular weight excluding hydrogens is 310 g/mol. The Bertz CT molecular complexity index is 617. The second-order valence-corrected chi connectivity index (χ2v) is 7.06. The van der Waals surface area contributed by atoms with Crippen LogP contribution in [0.15, 0.2) is 18.2 Å². The van der Waals surface area contributed by atoms with Crippen LogP contribution in [-0.4, -0.2) is 52.6 Å². The molecule has 1 aliphatic heterocycles. The molecule has 0 N–H and O–H groups in total. The number of rotatable bonds is 3. The van der Waals surface area contributed by atoms with Gasteiger partial charge in [0.1, 0.15) is 5.60 Å². The van der Waals surface area contributed by atoms with Gasteiger partial charge in [-0.25, -0.2) is 4.79 Å². The highest BCUT2D eigenvalue weighted by Gasteiger charge is 2.26. The van der Waals surface area contributed by atoms with Crippen molar-refractivity contribution < 1.29 is 14.5 Å². The van der Waals surface area contributed by atoms with Crippen molar-refractivity contribution in [1.29, 1.82) is 0 Å². The van der Waals surface area contributed by atoms with E-state index >= 15 is 0 Å². The largest absolute Gasteiger partial charge is 0.444 e. The summed E-state index contributed by atoms with van der Waals surface area (Å²) in [5, 5.41) is 11.0. The van der Waals surface area contributed by atoms with E-state index in [4.69, 9.17) is 4.74 Å². The fourth-order valence-corrected chi connectivity index (χ4v) is 2.69. The second kappa shape index (κ2) is 7.17. The molecule has 7 nitrogen and oxygen atoms in total. The minimum absolute atomic E-state index is 0.153. The van der Waals surface area contributed by atoms with Crippen LogP contribution in [0.2, 0.25) is 0 Å². The third-order valence-electron chi connectivity index (χ3n) is 4.03. The first kappa shape index (κ1) is 18.2. The molecule has 0 unspecified atom stereocenters. The van der Waals surface area contributed by atoms with Crippen LogP contribution in [0.4, 0.5) is 10.5 Å². The van der Waals surface area contributed by atoms with Crippen LogP contribution < -0.4 is 0 Å². The number of ether oxygens (including phenoxy) is 1. The van der Waals surface area contributed by atoms with Crippen molar-refractivity contribution in [3.05, 3.63) is 39.4 Å². The Morgan fingerprint density at radius 1 is 1.25 bits per heavy atom. The summed E-state index contributed by atoms with van der Waals surface area (Å²) in [5.41, 5.74) is 1.32. The highest BCUT2D eigenvalue weighted by molar-refractivity contribution is 5.68. The van der Waals surface area contributed by atoms with Gasteiger partial charge in [-0.05, 0) is 33.3 Å². The lowest BCUT2D eigenvalue weighted by Crippen LogP contribution is -2.49. The van der Waals surface area contributed by atoms with Gasteiger partial charge in [-0.2, -0.15) is 0 Å². The highest BCUT2D eigenvalue weighted by Crippen LogP contribution is 2.22. The number of nitrogens with zero attached hydrogens (tertiary/aromatic N) is 3. The van der Waals surface area contributed by atoms with Gasteiger partial charge in [0.05, 0.1) is 4.92 Å². The number of benzene rings is 1. The van der Waals surface area contributed by atoms with Crippen LogP contribution in [0.25, 0.3) is 0 Å². The molecule has 1 saturated heterocycles.